The van der Waals surface area contributed by atoms with Gasteiger partial charge in [0.15, 0.2) is 6.61 Å². The summed E-state index contributed by atoms with van der Waals surface area (Å²) in [5.74, 6) is 0.905. The summed E-state index contributed by atoms with van der Waals surface area (Å²) in [7, 11) is 0. The Morgan fingerprint density at radius 2 is 1.91 bits per heavy atom. The van der Waals surface area contributed by atoms with Gasteiger partial charge in [0.05, 0.1) is 12.2 Å². The van der Waals surface area contributed by atoms with Crippen LogP contribution in [0.3, 0.4) is 0 Å². The lowest BCUT2D eigenvalue weighted by atomic mass is 9.97. The maximum atomic E-state index is 13.2. The number of nitrogens with zero attached hydrogens (tertiary/aromatic N) is 1. The van der Waals surface area contributed by atoms with E-state index in [1.807, 2.05) is 47.4 Å². The fourth-order valence-electron chi connectivity index (χ4n) is 4.53. The Kier molecular flexibility index (Phi) is 5.67. The number of carbonyl (C=O) groups excluding carboxylic acids is 2. The van der Waals surface area contributed by atoms with Crippen LogP contribution in [-0.4, -0.2) is 42.5 Å². The summed E-state index contributed by atoms with van der Waals surface area (Å²) < 4.78 is 11.5. The van der Waals surface area contributed by atoms with Gasteiger partial charge in [0.25, 0.3) is 11.8 Å². The first kappa shape index (κ1) is 20.4. The number of hydrogen-bond acceptors (Lipinski definition) is 4. The maximum absolute atomic E-state index is 13.2. The first-order valence-corrected chi connectivity index (χ1v) is 11.2. The molecule has 2 aliphatic rings. The normalized spacial score (nSPS) is 18.1. The zero-order valence-electron chi connectivity index (χ0n) is 17.9. The van der Waals surface area contributed by atoms with Crippen molar-refractivity contribution < 1.29 is 19.1 Å². The van der Waals surface area contributed by atoms with Gasteiger partial charge >= 0.3 is 0 Å². The summed E-state index contributed by atoms with van der Waals surface area (Å²) >= 11 is 0. The largest absolute Gasteiger partial charge is 0.493 e. The second-order valence-electron chi connectivity index (χ2n) is 8.34. The van der Waals surface area contributed by atoms with Crippen molar-refractivity contribution in [3.8, 4) is 11.5 Å². The van der Waals surface area contributed by atoms with Crippen molar-refractivity contribution >= 4 is 28.3 Å². The van der Waals surface area contributed by atoms with Gasteiger partial charge in [-0.25, -0.2) is 0 Å². The predicted octanol–water partition coefficient (Wildman–Crippen LogP) is 4.63. The van der Waals surface area contributed by atoms with Gasteiger partial charge in [-0.3, -0.25) is 9.59 Å². The van der Waals surface area contributed by atoms with Crippen LogP contribution in [0.4, 0.5) is 5.69 Å². The molecular formula is C26H26N2O4. The zero-order chi connectivity index (χ0) is 21.9. The molecule has 0 spiro atoms. The number of anilines is 1. The van der Waals surface area contributed by atoms with Crippen molar-refractivity contribution in [2.45, 2.75) is 31.7 Å². The molecule has 0 aromatic heterocycles. The van der Waals surface area contributed by atoms with Crippen molar-refractivity contribution in [2.24, 2.45) is 0 Å². The Balaban J connectivity index is 1.27. The Morgan fingerprint density at radius 1 is 1.03 bits per heavy atom. The van der Waals surface area contributed by atoms with E-state index in [4.69, 9.17) is 9.47 Å². The van der Waals surface area contributed by atoms with Gasteiger partial charge < -0.3 is 19.7 Å². The number of hydrogen-bond donors (Lipinski definition) is 1. The molecule has 6 heteroatoms. The quantitative estimate of drug-likeness (QED) is 0.655. The van der Waals surface area contributed by atoms with Gasteiger partial charge in [-0.05, 0) is 60.4 Å². The summed E-state index contributed by atoms with van der Waals surface area (Å²) in [5, 5.41) is 5.01. The number of benzene rings is 3. The van der Waals surface area contributed by atoms with Gasteiger partial charge in [-0.1, -0.05) is 30.3 Å². The highest BCUT2D eigenvalue weighted by Crippen LogP contribution is 2.31. The predicted molar refractivity (Wildman–Crippen MR) is 123 cm³/mol. The number of ether oxygens (including phenoxy) is 2. The number of carbonyl (C=O) groups is 2. The SMILES string of the molecule is O=C(COc1ccc2ccccc2c1)Nc1ccc2c(c1)C(=O)N1CCCCC1CCO2. The molecule has 164 valence electrons. The van der Waals surface area contributed by atoms with E-state index < -0.39 is 0 Å². The minimum atomic E-state index is -0.284. The van der Waals surface area contributed by atoms with Crippen LogP contribution in [0.25, 0.3) is 10.8 Å². The minimum Gasteiger partial charge on any atom is -0.493 e. The van der Waals surface area contributed by atoms with E-state index in [9.17, 15) is 9.59 Å². The minimum absolute atomic E-state index is 0.0205. The fraction of sp³-hybridized carbons (Fsp3) is 0.308. The molecule has 1 saturated heterocycles. The van der Waals surface area contributed by atoms with Crippen LogP contribution in [0.2, 0.25) is 0 Å². The molecule has 1 fully saturated rings. The summed E-state index contributed by atoms with van der Waals surface area (Å²) in [5.41, 5.74) is 1.06. The molecule has 3 aromatic carbocycles. The summed E-state index contributed by atoms with van der Waals surface area (Å²) in [6, 6.07) is 19.2. The first-order chi connectivity index (χ1) is 15.7. The maximum Gasteiger partial charge on any atom is 0.262 e. The van der Waals surface area contributed by atoms with E-state index in [2.05, 4.69) is 5.32 Å². The molecule has 1 N–H and O–H groups in total. The Labute approximate surface area is 187 Å². The van der Waals surface area contributed by atoms with E-state index in [1.54, 1.807) is 18.2 Å². The van der Waals surface area contributed by atoms with Crippen LogP contribution >= 0.6 is 0 Å². The highest BCUT2D eigenvalue weighted by molar-refractivity contribution is 6.00. The van der Waals surface area contributed by atoms with Gasteiger partial charge in [0, 0.05) is 24.7 Å². The summed E-state index contributed by atoms with van der Waals surface area (Å²) in [6.07, 6.45) is 4.05. The second-order valence-corrected chi connectivity index (χ2v) is 8.34. The van der Waals surface area contributed by atoms with Crippen molar-refractivity contribution in [3.63, 3.8) is 0 Å². The molecule has 3 aromatic rings. The third-order valence-corrected chi connectivity index (χ3v) is 6.18. The molecule has 6 nitrogen and oxygen atoms in total. The van der Waals surface area contributed by atoms with E-state index in [0.717, 1.165) is 43.0 Å². The molecule has 0 aliphatic carbocycles. The lowest BCUT2D eigenvalue weighted by Crippen LogP contribution is -2.45. The van der Waals surface area contributed by atoms with E-state index >= 15 is 0 Å². The van der Waals surface area contributed by atoms with Crippen LogP contribution in [-0.2, 0) is 4.79 Å². The molecule has 1 atom stereocenters. The van der Waals surface area contributed by atoms with Gasteiger partial charge in [0.1, 0.15) is 11.5 Å². The number of piperidine rings is 1. The van der Waals surface area contributed by atoms with Crippen LogP contribution in [0.15, 0.2) is 60.7 Å². The van der Waals surface area contributed by atoms with Crippen LogP contribution in [0.1, 0.15) is 36.0 Å². The van der Waals surface area contributed by atoms with Crippen LogP contribution in [0, 0.1) is 0 Å². The summed E-state index contributed by atoms with van der Waals surface area (Å²) in [4.78, 5) is 27.6. The molecule has 1 unspecified atom stereocenters. The van der Waals surface area contributed by atoms with E-state index in [-0.39, 0.29) is 24.5 Å². The van der Waals surface area contributed by atoms with Gasteiger partial charge in [0.2, 0.25) is 0 Å². The molecule has 2 heterocycles. The van der Waals surface area contributed by atoms with E-state index in [1.165, 1.54) is 0 Å². The third kappa shape index (κ3) is 4.26. The molecular weight excluding hydrogens is 404 g/mol. The summed E-state index contributed by atoms with van der Waals surface area (Å²) in [6.45, 7) is 1.25. The third-order valence-electron chi connectivity index (χ3n) is 6.18. The number of amides is 2. The Bertz CT molecular complexity index is 1160. The smallest absolute Gasteiger partial charge is 0.262 e. The van der Waals surface area contributed by atoms with Crippen molar-refractivity contribution in [1.82, 2.24) is 4.90 Å². The zero-order valence-corrected chi connectivity index (χ0v) is 17.9. The Morgan fingerprint density at radius 3 is 2.81 bits per heavy atom. The molecule has 0 radical (unpaired) electrons. The molecule has 0 bridgehead atoms. The van der Waals surface area contributed by atoms with E-state index in [0.29, 0.717) is 29.4 Å². The van der Waals surface area contributed by atoms with Gasteiger partial charge in [-0.15, -0.1) is 0 Å². The number of rotatable bonds is 4. The fourth-order valence-corrected chi connectivity index (χ4v) is 4.53. The van der Waals surface area contributed by atoms with Crippen LogP contribution in [0.5, 0.6) is 11.5 Å². The Hall–Kier alpha value is -3.54. The molecule has 2 amide bonds. The highest BCUT2D eigenvalue weighted by Gasteiger charge is 2.31. The molecule has 0 saturated carbocycles. The molecule has 32 heavy (non-hydrogen) atoms. The number of fused-ring (bicyclic) bond motifs is 3. The molecule has 2 aliphatic heterocycles. The van der Waals surface area contributed by atoms with Gasteiger partial charge in [-0.2, -0.15) is 0 Å². The topological polar surface area (TPSA) is 67.9 Å². The number of nitrogens with one attached hydrogen (secondary N) is 1. The van der Waals surface area contributed by atoms with Crippen LogP contribution < -0.4 is 14.8 Å². The monoisotopic (exact) mass is 430 g/mol. The average molecular weight is 431 g/mol. The average Bonchev–Trinajstić information content (AvgIpc) is 2.82. The van der Waals surface area contributed by atoms with Crippen molar-refractivity contribution in [3.05, 3.63) is 66.2 Å². The first-order valence-electron chi connectivity index (χ1n) is 11.2. The lowest BCUT2D eigenvalue weighted by Gasteiger charge is -2.37. The van der Waals surface area contributed by atoms with Crippen molar-refractivity contribution in [1.29, 1.82) is 0 Å². The molecule has 5 rings (SSSR count). The standard InChI is InChI=1S/C26H26N2O4/c29-25(17-32-22-10-8-18-5-1-2-6-19(18)15-22)27-20-9-11-24-23(16-20)26(30)28-13-4-3-7-21(28)12-14-31-24/h1-2,5-6,8-11,15-16,21H,3-4,7,12-14,17H2,(H,27,29). The second kappa shape index (κ2) is 8.91. The lowest BCUT2D eigenvalue weighted by molar-refractivity contribution is -0.118. The van der Waals surface area contributed by atoms with Crippen molar-refractivity contribution in [2.75, 3.05) is 25.1 Å². The highest BCUT2D eigenvalue weighted by atomic mass is 16.5.